The molecule has 6 heteroatoms. The molecule has 3 rings (SSSR count). The summed E-state index contributed by atoms with van der Waals surface area (Å²) in [4.78, 5) is 16.2. The zero-order valence-electron chi connectivity index (χ0n) is 15.5. The number of rotatable bonds is 4. The first-order valence-corrected chi connectivity index (χ1v) is 10.2. The number of benzene rings is 2. The minimum absolute atomic E-state index is 0.124. The second-order valence-corrected chi connectivity index (χ2v) is 9.10. The van der Waals surface area contributed by atoms with Gasteiger partial charge in [-0.2, -0.15) is 0 Å². The van der Waals surface area contributed by atoms with Crippen LogP contribution in [0.3, 0.4) is 0 Å². The third kappa shape index (κ3) is 2.98. The summed E-state index contributed by atoms with van der Waals surface area (Å²) in [6.07, 6.45) is 0. The molecule has 2 aromatic rings. The van der Waals surface area contributed by atoms with Gasteiger partial charge in [0.25, 0.3) is 0 Å². The van der Waals surface area contributed by atoms with Gasteiger partial charge in [-0.15, -0.1) is 0 Å². The number of carbonyl (C=O) groups is 1. The SMILES string of the molecule is Cc1ccc(S(=O)(=O)[C@H](C)N2C(=O)N(C)[C@@H](C)[C@H]2c2ccccc2)cc1. The molecule has 2 aromatic carbocycles. The fraction of sp³-hybridized carbons (Fsp3) is 0.350. The Morgan fingerprint density at radius 2 is 1.58 bits per heavy atom. The van der Waals surface area contributed by atoms with Gasteiger partial charge >= 0.3 is 6.03 Å². The van der Waals surface area contributed by atoms with Crippen molar-refractivity contribution in [1.82, 2.24) is 9.80 Å². The number of hydrogen-bond acceptors (Lipinski definition) is 3. The number of carbonyl (C=O) groups excluding carboxylic acids is 1. The Labute approximate surface area is 155 Å². The maximum atomic E-state index is 13.2. The van der Waals surface area contributed by atoms with Crippen LogP contribution in [0.15, 0.2) is 59.5 Å². The van der Waals surface area contributed by atoms with E-state index in [0.29, 0.717) is 0 Å². The van der Waals surface area contributed by atoms with Crippen molar-refractivity contribution >= 4 is 15.9 Å². The third-order valence-corrected chi connectivity index (χ3v) is 7.28. The maximum absolute atomic E-state index is 13.2. The van der Waals surface area contributed by atoms with E-state index in [1.807, 2.05) is 44.2 Å². The molecule has 1 aliphatic rings. The molecule has 0 aromatic heterocycles. The van der Waals surface area contributed by atoms with E-state index in [1.54, 1.807) is 43.1 Å². The summed E-state index contributed by atoms with van der Waals surface area (Å²) in [5.74, 6) is 0. The number of likely N-dealkylation sites (N-methyl/N-ethyl adjacent to an activating group) is 1. The van der Waals surface area contributed by atoms with Crippen LogP contribution in [-0.4, -0.2) is 42.7 Å². The summed E-state index contributed by atoms with van der Waals surface area (Å²) in [6.45, 7) is 5.45. The Balaban J connectivity index is 2.04. The Morgan fingerprint density at radius 1 is 1.00 bits per heavy atom. The maximum Gasteiger partial charge on any atom is 0.321 e. The summed E-state index contributed by atoms with van der Waals surface area (Å²) in [7, 11) is -1.96. The first-order valence-electron chi connectivity index (χ1n) is 8.66. The monoisotopic (exact) mass is 372 g/mol. The lowest BCUT2D eigenvalue weighted by molar-refractivity contribution is 0.187. The zero-order chi connectivity index (χ0) is 19.1. The Kier molecular flexibility index (Phi) is 4.80. The summed E-state index contributed by atoms with van der Waals surface area (Å²) in [5, 5.41) is -0.963. The van der Waals surface area contributed by atoms with Crippen molar-refractivity contribution in [2.24, 2.45) is 0 Å². The van der Waals surface area contributed by atoms with Crippen LogP contribution in [0.1, 0.15) is 31.0 Å². The molecule has 1 aliphatic heterocycles. The minimum Gasteiger partial charge on any atom is -0.323 e. The lowest BCUT2D eigenvalue weighted by Gasteiger charge is -2.30. The van der Waals surface area contributed by atoms with Crippen molar-refractivity contribution < 1.29 is 13.2 Å². The van der Waals surface area contributed by atoms with Crippen molar-refractivity contribution in [3.63, 3.8) is 0 Å². The molecule has 0 aliphatic carbocycles. The first kappa shape index (κ1) is 18.5. The molecule has 0 spiro atoms. The summed E-state index contributed by atoms with van der Waals surface area (Å²) < 4.78 is 26.3. The van der Waals surface area contributed by atoms with Crippen LogP contribution in [-0.2, 0) is 9.84 Å². The van der Waals surface area contributed by atoms with Gasteiger partial charge in [0, 0.05) is 7.05 Å². The molecule has 1 heterocycles. The van der Waals surface area contributed by atoms with E-state index in [9.17, 15) is 13.2 Å². The second-order valence-electron chi connectivity index (χ2n) is 6.85. The predicted octanol–water partition coefficient (Wildman–Crippen LogP) is 3.61. The molecule has 0 saturated carbocycles. The number of nitrogens with zero attached hydrogens (tertiary/aromatic N) is 2. The molecular formula is C20H24N2O3S. The Hall–Kier alpha value is -2.34. The molecule has 1 fully saturated rings. The van der Waals surface area contributed by atoms with Gasteiger partial charge in [-0.05, 0) is 38.5 Å². The number of urea groups is 1. The highest BCUT2D eigenvalue weighted by Crippen LogP contribution is 2.38. The number of amides is 2. The molecule has 0 N–H and O–H groups in total. The highest BCUT2D eigenvalue weighted by molar-refractivity contribution is 7.92. The predicted molar refractivity (Wildman–Crippen MR) is 101 cm³/mol. The van der Waals surface area contributed by atoms with Gasteiger partial charge in [-0.25, -0.2) is 13.2 Å². The van der Waals surface area contributed by atoms with Gasteiger partial charge in [-0.3, -0.25) is 4.90 Å². The van der Waals surface area contributed by atoms with E-state index >= 15 is 0 Å². The van der Waals surface area contributed by atoms with Gasteiger partial charge < -0.3 is 4.90 Å². The van der Waals surface area contributed by atoms with Gasteiger partial charge in [0.1, 0.15) is 5.37 Å². The van der Waals surface area contributed by atoms with Crippen LogP contribution in [0.4, 0.5) is 4.79 Å². The van der Waals surface area contributed by atoms with E-state index in [2.05, 4.69) is 0 Å². The summed E-state index contributed by atoms with van der Waals surface area (Å²) in [6, 6.07) is 15.6. The van der Waals surface area contributed by atoms with E-state index in [0.717, 1.165) is 11.1 Å². The van der Waals surface area contributed by atoms with Gasteiger partial charge in [0.2, 0.25) is 0 Å². The molecule has 5 nitrogen and oxygen atoms in total. The van der Waals surface area contributed by atoms with Crippen LogP contribution in [0.5, 0.6) is 0 Å². The quantitative estimate of drug-likeness (QED) is 0.824. The lowest BCUT2D eigenvalue weighted by atomic mass is 10.0. The first-order chi connectivity index (χ1) is 12.2. The minimum atomic E-state index is -3.68. The molecule has 0 unspecified atom stereocenters. The van der Waals surface area contributed by atoms with E-state index < -0.39 is 15.2 Å². The van der Waals surface area contributed by atoms with E-state index in [4.69, 9.17) is 0 Å². The molecular weight excluding hydrogens is 348 g/mol. The van der Waals surface area contributed by atoms with Crippen LogP contribution in [0.2, 0.25) is 0 Å². The average Bonchev–Trinajstić information content (AvgIpc) is 2.86. The van der Waals surface area contributed by atoms with Crippen molar-refractivity contribution in [2.75, 3.05) is 7.05 Å². The van der Waals surface area contributed by atoms with Gasteiger partial charge in [-0.1, -0.05) is 48.0 Å². The van der Waals surface area contributed by atoms with Crippen molar-refractivity contribution in [3.05, 3.63) is 65.7 Å². The molecule has 0 bridgehead atoms. The van der Waals surface area contributed by atoms with E-state index in [-0.39, 0.29) is 23.0 Å². The standard InChI is InChI=1S/C20H24N2O3S/c1-14-10-12-18(13-11-14)26(24,25)16(3)22-19(15(2)21(4)20(22)23)17-8-6-5-7-9-17/h5-13,15-16,19H,1-4H3/t15-,16+,19-/m0/s1. The summed E-state index contributed by atoms with van der Waals surface area (Å²) >= 11 is 0. The van der Waals surface area contributed by atoms with E-state index in [1.165, 1.54) is 4.90 Å². The molecule has 3 atom stereocenters. The molecule has 138 valence electrons. The van der Waals surface area contributed by atoms with Crippen LogP contribution < -0.4 is 0 Å². The second kappa shape index (κ2) is 6.76. The van der Waals surface area contributed by atoms with Crippen molar-refractivity contribution in [3.8, 4) is 0 Å². The zero-order valence-corrected chi connectivity index (χ0v) is 16.3. The highest BCUT2D eigenvalue weighted by atomic mass is 32.2. The third-order valence-electron chi connectivity index (χ3n) is 5.22. The van der Waals surface area contributed by atoms with Crippen molar-refractivity contribution in [1.29, 1.82) is 0 Å². The Bertz CT molecular complexity index is 894. The summed E-state index contributed by atoms with van der Waals surface area (Å²) in [5.41, 5.74) is 1.92. The van der Waals surface area contributed by atoms with Crippen LogP contribution in [0, 0.1) is 6.92 Å². The van der Waals surface area contributed by atoms with Gasteiger partial charge in [0.15, 0.2) is 9.84 Å². The Morgan fingerprint density at radius 3 is 2.15 bits per heavy atom. The number of hydrogen-bond donors (Lipinski definition) is 0. The molecule has 0 radical (unpaired) electrons. The fourth-order valence-electron chi connectivity index (χ4n) is 3.46. The normalized spacial score (nSPS) is 21.9. The van der Waals surface area contributed by atoms with Gasteiger partial charge in [0.05, 0.1) is 17.0 Å². The number of aryl methyl sites for hydroxylation is 1. The average molecular weight is 372 g/mol. The smallest absolute Gasteiger partial charge is 0.321 e. The van der Waals surface area contributed by atoms with Crippen LogP contribution >= 0.6 is 0 Å². The van der Waals surface area contributed by atoms with Crippen LogP contribution in [0.25, 0.3) is 0 Å². The molecule has 2 amide bonds. The topological polar surface area (TPSA) is 57.7 Å². The fourth-order valence-corrected chi connectivity index (χ4v) is 4.89. The molecule has 26 heavy (non-hydrogen) atoms. The molecule has 1 saturated heterocycles. The number of sulfone groups is 1. The highest BCUT2D eigenvalue weighted by Gasteiger charge is 2.47. The largest absolute Gasteiger partial charge is 0.323 e. The van der Waals surface area contributed by atoms with Crippen molar-refractivity contribution in [2.45, 2.75) is 43.1 Å². The lowest BCUT2D eigenvalue weighted by Crippen LogP contribution is -2.42.